The van der Waals surface area contributed by atoms with Crippen molar-refractivity contribution in [2.24, 2.45) is 7.05 Å². The van der Waals surface area contributed by atoms with Crippen LogP contribution in [0.1, 0.15) is 36.2 Å². The van der Waals surface area contributed by atoms with Gasteiger partial charge in [-0.15, -0.1) is 11.3 Å². The lowest BCUT2D eigenvalue weighted by atomic mass is 10.1. The first-order chi connectivity index (χ1) is 9.13. The molecule has 0 aromatic carbocycles. The second-order valence-electron chi connectivity index (χ2n) is 4.58. The van der Waals surface area contributed by atoms with Gasteiger partial charge in [-0.3, -0.25) is 4.68 Å². The molecule has 0 spiro atoms. The van der Waals surface area contributed by atoms with Crippen molar-refractivity contribution in [2.75, 3.05) is 6.54 Å². The van der Waals surface area contributed by atoms with E-state index in [1.807, 2.05) is 11.7 Å². The molecule has 0 saturated carbocycles. The van der Waals surface area contributed by atoms with Crippen molar-refractivity contribution in [3.05, 3.63) is 38.3 Å². The Morgan fingerprint density at radius 3 is 2.74 bits per heavy atom. The lowest BCUT2D eigenvalue weighted by Gasteiger charge is -2.17. The molecule has 0 fully saturated rings. The molecule has 0 bridgehead atoms. The summed E-state index contributed by atoms with van der Waals surface area (Å²) < 4.78 is 3.18. The number of nitrogens with zero attached hydrogens (tertiary/aromatic N) is 2. The van der Waals surface area contributed by atoms with Crippen molar-refractivity contribution in [3.63, 3.8) is 0 Å². The number of likely N-dealkylation sites (N-methyl/N-ethyl adjacent to an activating group) is 1. The van der Waals surface area contributed by atoms with Gasteiger partial charge < -0.3 is 5.32 Å². The number of thiophene rings is 1. The average molecular weight is 342 g/mol. The predicted octanol–water partition coefficient (Wildman–Crippen LogP) is 3.70. The summed E-state index contributed by atoms with van der Waals surface area (Å²) in [5.74, 6) is 0. The molecule has 19 heavy (non-hydrogen) atoms. The molecule has 2 heterocycles. The van der Waals surface area contributed by atoms with Gasteiger partial charge in [-0.1, -0.05) is 13.8 Å². The van der Waals surface area contributed by atoms with Gasteiger partial charge in [0.2, 0.25) is 0 Å². The molecular weight excluding hydrogens is 322 g/mol. The summed E-state index contributed by atoms with van der Waals surface area (Å²) in [6, 6.07) is 4.75. The number of hydrogen-bond acceptors (Lipinski definition) is 3. The second kappa shape index (κ2) is 6.68. The minimum Gasteiger partial charge on any atom is -0.309 e. The minimum absolute atomic E-state index is 0.327. The third kappa shape index (κ3) is 3.68. The van der Waals surface area contributed by atoms with Crippen molar-refractivity contribution in [1.29, 1.82) is 0 Å². The molecule has 1 atom stereocenters. The smallest absolute Gasteiger partial charge is 0.0625 e. The predicted molar refractivity (Wildman–Crippen MR) is 84.7 cm³/mol. The van der Waals surface area contributed by atoms with Crippen LogP contribution in [0, 0.1) is 0 Å². The van der Waals surface area contributed by atoms with Crippen molar-refractivity contribution >= 4 is 27.3 Å². The third-order valence-electron chi connectivity index (χ3n) is 3.16. The van der Waals surface area contributed by atoms with Gasteiger partial charge in [0.15, 0.2) is 0 Å². The van der Waals surface area contributed by atoms with Crippen LogP contribution in [0.25, 0.3) is 0 Å². The van der Waals surface area contributed by atoms with Crippen LogP contribution in [0.4, 0.5) is 0 Å². The van der Waals surface area contributed by atoms with E-state index >= 15 is 0 Å². The van der Waals surface area contributed by atoms with E-state index in [-0.39, 0.29) is 0 Å². The minimum atomic E-state index is 0.327. The number of hydrogen-bond donors (Lipinski definition) is 1. The fraction of sp³-hybridized carbons (Fsp3) is 0.500. The first kappa shape index (κ1) is 14.8. The van der Waals surface area contributed by atoms with Crippen molar-refractivity contribution < 1.29 is 0 Å². The second-order valence-corrected chi connectivity index (χ2v) is 6.49. The Bertz CT molecular complexity index is 533. The zero-order valence-corrected chi connectivity index (χ0v) is 14.0. The Kier molecular flexibility index (Phi) is 5.19. The Morgan fingerprint density at radius 2 is 2.21 bits per heavy atom. The molecule has 104 valence electrons. The molecule has 0 radical (unpaired) electrons. The molecule has 2 rings (SSSR count). The highest BCUT2D eigenvalue weighted by Crippen LogP contribution is 2.26. The fourth-order valence-corrected chi connectivity index (χ4v) is 3.73. The first-order valence-corrected chi connectivity index (χ1v) is 8.30. The van der Waals surface area contributed by atoms with Crippen LogP contribution >= 0.6 is 27.3 Å². The molecule has 1 N–H and O–H groups in total. The van der Waals surface area contributed by atoms with E-state index in [2.05, 4.69) is 57.7 Å². The summed E-state index contributed by atoms with van der Waals surface area (Å²) in [5, 5.41) is 10.3. The molecule has 0 amide bonds. The summed E-state index contributed by atoms with van der Waals surface area (Å²) in [7, 11) is 2.03. The van der Waals surface area contributed by atoms with Crippen LogP contribution in [-0.2, 0) is 19.9 Å². The lowest BCUT2D eigenvalue weighted by Crippen LogP contribution is -2.24. The molecule has 0 aliphatic heterocycles. The summed E-state index contributed by atoms with van der Waals surface area (Å²) in [5.41, 5.74) is 2.43. The zero-order valence-electron chi connectivity index (χ0n) is 11.6. The maximum Gasteiger partial charge on any atom is 0.0625 e. The number of halogens is 1. The maximum atomic E-state index is 4.55. The lowest BCUT2D eigenvalue weighted by molar-refractivity contribution is 0.510. The topological polar surface area (TPSA) is 29.9 Å². The van der Waals surface area contributed by atoms with Gasteiger partial charge >= 0.3 is 0 Å². The molecule has 0 aliphatic rings. The van der Waals surface area contributed by atoms with E-state index in [4.69, 9.17) is 0 Å². The van der Waals surface area contributed by atoms with Crippen LogP contribution in [0.2, 0.25) is 0 Å². The quantitative estimate of drug-likeness (QED) is 0.868. The van der Waals surface area contributed by atoms with Gasteiger partial charge in [-0.2, -0.15) is 5.10 Å². The molecule has 0 saturated heterocycles. The van der Waals surface area contributed by atoms with E-state index in [9.17, 15) is 0 Å². The largest absolute Gasteiger partial charge is 0.309 e. The van der Waals surface area contributed by atoms with E-state index in [0.29, 0.717) is 6.04 Å². The van der Waals surface area contributed by atoms with Gasteiger partial charge in [-0.25, -0.2) is 0 Å². The fourth-order valence-electron chi connectivity index (χ4n) is 2.23. The Balaban J connectivity index is 2.21. The SMILES string of the molecule is CCNC(Cc1cc(Br)cs1)c1cc(CC)nn1C. The van der Waals surface area contributed by atoms with E-state index in [0.717, 1.165) is 25.1 Å². The molecule has 3 nitrogen and oxygen atoms in total. The van der Waals surface area contributed by atoms with Gasteiger partial charge in [0.1, 0.15) is 0 Å². The molecule has 1 unspecified atom stereocenters. The normalized spacial score (nSPS) is 12.8. The molecule has 2 aromatic rings. The summed E-state index contributed by atoms with van der Waals surface area (Å²) >= 11 is 5.32. The Morgan fingerprint density at radius 1 is 1.42 bits per heavy atom. The zero-order chi connectivity index (χ0) is 13.8. The monoisotopic (exact) mass is 341 g/mol. The van der Waals surface area contributed by atoms with E-state index < -0.39 is 0 Å². The summed E-state index contributed by atoms with van der Waals surface area (Å²) in [4.78, 5) is 1.39. The molecular formula is C14H20BrN3S. The number of nitrogens with one attached hydrogen (secondary N) is 1. The Hall–Kier alpha value is -0.650. The highest BCUT2D eigenvalue weighted by atomic mass is 79.9. The average Bonchev–Trinajstić information content (AvgIpc) is 2.95. The molecule has 0 aliphatic carbocycles. The highest BCUT2D eigenvalue weighted by molar-refractivity contribution is 9.10. The van der Waals surface area contributed by atoms with Crippen LogP contribution in [0.5, 0.6) is 0 Å². The van der Waals surface area contributed by atoms with Crippen molar-refractivity contribution in [2.45, 2.75) is 32.7 Å². The first-order valence-electron chi connectivity index (χ1n) is 6.63. The highest BCUT2D eigenvalue weighted by Gasteiger charge is 2.17. The van der Waals surface area contributed by atoms with Crippen LogP contribution in [-0.4, -0.2) is 16.3 Å². The third-order valence-corrected chi connectivity index (χ3v) is 4.88. The van der Waals surface area contributed by atoms with Crippen LogP contribution in [0.15, 0.2) is 22.0 Å². The van der Waals surface area contributed by atoms with Gasteiger partial charge in [-0.05, 0) is 41.0 Å². The molecule has 2 aromatic heterocycles. The van der Waals surface area contributed by atoms with Crippen LogP contribution < -0.4 is 5.32 Å². The van der Waals surface area contributed by atoms with Gasteiger partial charge in [0.05, 0.1) is 17.4 Å². The number of rotatable bonds is 6. The van der Waals surface area contributed by atoms with Crippen molar-refractivity contribution in [1.82, 2.24) is 15.1 Å². The summed E-state index contributed by atoms with van der Waals surface area (Å²) in [6.45, 7) is 5.25. The number of aromatic nitrogens is 2. The number of aryl methyl sites for hydroxylation is 2. The van der Waals surface area contributed by atoms with Gasteiger partial charge in [0, 0.05) is 28.2 Å². The molecule has 5 heteroatoms. The van der Waals surface area contributed by atoms with E-state index in [1.165, 1.54) is 15.0 Å². The maximum absolute atomic E-state index is 4.55. The standard InChI is InChI=1S/C14H20BrN3S/c1-4-11-7-14(18(3)17-11)13(16-5-2)8-12-6-10(15)9-19-12/h6-7,9,13,16H,4-5,8H2,1-3H3. The van der Waals surface area contributed by atoms with Crippen molar-refractivity contribution in [3.8, 4) is 0 Å². The Labute approximate surface area is 127 Å². The van der Waals surface area contributed by atoms with Gasteiger partial charge in [0.25, 0.3) is 0 Å². The van der Waals surface area contributed by atoms with Crippen LogP contribution in [0.3, 0.4) is 0 Å². The summed E-state index contributed by atoms with van der Waals surface area (Å²) in [6.07, 6.45) is 1.99. The van der Waals surface area contributed by atoms with E-state index in [1.54, 1.807) is 11.3 Å².